The van der Waals surface area contributed by atoms with Crippen molar-refractivity contribution in [2.24, 2.45) is 29.1 Å². The number of carbonyl (C=O) groups excluding carboxylic acids is 2. The molecule has 0 spiro atoms. The summed E-state index contributed by atoms with van der Waals surface area (Å²) in [4.78, 5) is 32.1. The number of carbonyl (C=O) groups is 2. The van der Waals surface area contributed by atoms with Gasteiger partial charge in [0, 0.05) is 31.2 Å². The van der Waals surface area contributed by atoms with E-state index in [0.717, 1.165) is 51.6 Å². The van der Waals surface area contributed by atoms with Crippen LogP contribution in [-0.4, -0.2) is 52.0 Å². The number of aliphatic hydroxyl groups is 1. The lowest BCUT2D eigenvalue weighted by Gasteiger charge is -2.56. The number of pyridine rings is 1. The predicted molar refractivity (Wildman–Crippen MR) is 124 cm³/mol. The average Bonchev–Trinajstić information content (AvgIpc) is 2.81. The molecule has 7 atom stereocenters. The third kappa shape index (κ3) is 4.43. The molecule has 1 aromatic heterocycles. The average molecular weight is 442 g/mol. The highest BCUT2D eigenvalue weighted by Gasteiger charge is 2.54. The van der Waals surface area contributed by atoms with Crippen LogP contribution in [0, 0.1) is 29.1 Å². The summed E-state index contributed by atoms with van der Waals surface area (Å²) < 4.78 is 0. The summed E-state index contributed by atoms with van der Waals surface area (Å²) in [6.07, 6.45) is 8.29. The van der Waals surface area contributed by atoms with E-state index in [4.69, 9.17) is 0 Å². The zero-order valence-corrected chi connectivity index (χ0v) is 19.8. The second kappa shape index (κ2) is 9.50. The lowest BCUT2D eigenvalue weighted by Crippen LogP contribution is -2.58. The van der Waals surface area contributed by atoms with Gasteiger partial charge in [-0.15, -0.1) is 0 Å². The molecule has 2 heterocycles. The van der Waals surface area contributed by atoms with Crippen molar-refractivity contribution in [3.63, 3.8) is 0 Å². The Hall–Kier alpha value is -1.95. The van der Waals surface area contributed by atoms with E-state index < -0.39 is 6.10 Å². The molecule has 2 saturated carbocycles. The fourth-order valence-corrected chi connectivity index (χ4v) is 6.82. The maximum Gasteiger partial charge on any atom is 0.270 e. The second-order valence-corrected chi connectivity index (χ2v) is 10.7. The van der Waals surface area contributed by atoms with Crippen molar-refractivity contribution in [3.8, 4) is 0 Å². The number of rotatable bonds is 4. The summed E-state index contributed by atoms with van der Waals surface area (Å²) in [5, 5.41) is 14.8. The first kappa shape index (κ1) is 23.2. The number of aliphatic hydroxyl groups excluding tert-OH is 1. The third-order valence-electron chi connectivity index (χ3n) is 8.80. The number of piperidine rings is 1. The van der Waals surface area contributed by atoms with Crippen LogP contribution in [0.5, 0.6) is 0 Å². The molecule has 32 heavy (non-hydrogen) atoms. The third-order valence-corrected chi connectivity index (χ3v) is 8.80. The van der Waals surface area contributed by atoms with Crippen molar-refractivity contribution >= 4 is 11.8 Å². The van der Waals surface area contributed by atoms with Gasteiger partial charge >= 0.3 is 0 Å². The molecular weight excluding hydrogens is 402 g/mol. The number of nitrogens with one attached hydrogen (secondary N) is 1. The Morgan fingerprint density at radius 2 is 1.91 bits per heavy atom. The van der Waals surface area contributed by atoms with Crippen LogP contribution in [0.25, 0.3) is 0 Å². The van der Waals surface area contributed by atoms with Gasteiger partial charge in [-0.1, -0.05) is 26.8 Å². The Bertz CT molecular complexity index is 810. The smallest absolute Gasteiger partial charge is 0.270 e. The molecule has 0 bridgehead atoms. The molecule has 0 aromatic carbocycles. The van der Waals surface area contributed by atoms with Crippen molar-refractivity contribution in [1.82, 2.24) is 15.2 Å². The van der Waals surface area contributed by atoms with E-state index in [0.29, 0.717) is 5.69 Å². The van der Waals surface area contributed by atoms with E-state index in [2.05, 4.69) is 24.1 Å². The molecule has 0 radical (unpaired) electrons. The van der Waals surface area contributed by atoms with E-state index in [-0.39, 0.29) is 46.9 Å². The molecule has 3 aliphatic rings. The normalized spacial score (nSPS) is 36.1. The summed E-state index contributed by atoms with van der Waals surface area (Å²) in [5.41, 5.74) is 0.478. The van der Waals surface area contributed by atoms with Gasteiger partial charge in [-0.2, -0.15) is 0 Å². The van der Waals surface area contributed by atoms with Gasteiger partial charge in [0.15, 0.2) is 0 Å². The monoisotopic (exact) mass is 441 g/mol. The SMILES string of the molecule is C[C@H]1[C@@H]2[C@@H](O)C([C@H](C)C(=O)N3CCCCC3)CC[C@@]2(C)CC[C@@H]1NC(=O)c1ccccn1. The zero-order valence-electron chi connectivity index (χ0n) is 19.8. The Kier molecular flexibility index (Phi) is 6.89. The topological polar surface area (TPSA) is 82.5 Å². The molecule has 3 fully saturated rings. The number of amides is 2. The van der Waals surface area contributed by atoms with Crippen molar-refractivity contribution in [1.29, 1.82) is 0 Å². The number of hydrogen-bond acceptors (Lipinski definition) is 4. The fraction of sp³-hybridized carbons (Fsp3) is 0.731. The van der Waals surface area contributed by atoms with Gasteiger partial charge in [0.2, 0.25) is 5.91 Å². The van der Waals surface area contributed by atoms with Crippen LogP contribution in [0.3, 0.4) is 0 Å². The Balaban J connectivity index is 1.47. The molecular formula is C26H39N3O3. The van der Waals surface area contributed by atoms with Gasteiger partial charge in [0.25, 0.3) is 5.91 Å². The fourth-order valence-electron chi connectivity index (χ4n) is 6.82. The minimum Gasteiger partial charge on any atom is -0.392 e. The molecule has 2 amide bonds. The largest absolute Gasteiger partial charge is 0.392 e. The van der Waals surface area contributed by atoms with Gasteiger partial charge in [0.1, 0.15) is 5.69 Å². The molecule has 6 heteroatoms. The van der Waals surface area contributed by atoms with E-state index in [1.165, 1.54) is 6.42 Å². The van der Waals surface area contributed by atoms with Crippen LogP contribution in [0.4, 0.5) is 0 Å². The Morgan fingerprint density at radius 3 is 2.59 bits per heavy atom. The Morgan fingerprint density at radius 1 is 1.19 bits per heavy atom. The maximum atomic E-state index is 13.2. The van der Waals surface area contributed by atoms with Gasteiger partial charge in [0.05, 0.1) is 6.10 Å². The first-order valence-electron chi connectivity index (χ1n) is 12.5. The number of nitrogens with zero attached hydrogens (tertiary/aromatic N) is 2. The number of hydrogen-bond donors (Lipinski definition) is 2. The number of fused-ring (bicyclic) bond motifs is 1. The number of aromatic nitrogens is 1. The molecule has 1 aromatic rings. The molecule has 2 aliphatic carbocycles. The van der Waals surface area contributed by atoms with Gasteiger partial charge < -0.3 is 15.3 Å². The van der Waals surface area contributed by atoms with Crippen molar-refractivity contribution < 1.29 is 14.7 Å². The second-order valence-electron chi connectivity index (χ2n) is 10.7. The molecule has 1 aliphatic heterocycles. The highest BCUT2D eigenvalue weighted by molar-refractivity contribution is 5.92. The van der Waals surface area contributed by atoms with Crippen LogP contribution >= 0.6 is 0 Å². The van der Waals surface area contributed by atoms with Crippen molar-refractivity contribution in [3.05, 3.63) is 30.1 Å². The summed E-state index contributed by atoms with van der Waals surface area (Å²) >= 11 is 0. The van der Waals surface area contributed by atoms with E-state index in [1.807, 2.05) is 17.9 Å². The Labute approximate surface area is 192 Å². The van der Waals surface area contributed by atoms with Crippen LogP contribution in [0.15, 0.2) is 24.4 Å². The van der Waals surface area contributed by atoms with Crippen LogP contribution in [0.2, 0.25) is 0 Å². The quantitative estimate of drug-likeness (QED) is 0.747. The van der Waals surface area contributed by atoms with Gasteiger partial charge in [-0.25, -0.2) is 0 Å². The van der Waals surface area contributed by atoms with E-state index >= 15 is 0 Å². The summed E-state index contributed by atoms with van der Waals surface area (Å²) in [6, 6.07) is 5.35. The summed E-state index contributed by atoms with van der Waals surface area (Å²) in [7, 11) is 0. The molecule has 1 saturated heterocycles. The lowest BCUT2D eigenvalue weighted by molar-refractivity contribution is -0.150. The molecule has 176 valence electrons. The first-order chi connectivity index (χ1) is 15.3. The zero-order chi connectivity index (χ0) is 22.9. The standard InChI is InChI=1S/C26H39N3O3/c1-17(25(32)29-15-7-4-8-16-29)19-10-12-26(3)13-11-20(18(2)22(26)23(19)30)28-24(31)21-9-5-6-14-27-21/h5-6,9,14,17-20,22-23,30H,4,7-8,10-13,15-16H2,1-3H3,(H,28,31)/t17-,18+,19?,20-,22+,23-,26-/m0/s1. The van der Waals surface area contributed by atoms with Gasteiger partial charge in [-0.3, -0.25) is 14.6 Å². The predicted octanol–water partition coefficient (Wildman–Crippen LogP) is 3.65. The summed E-state index contributed by atoms with van der Waals surface area (Å²) in [5.74, 6) is 0.0815. The lowest BCUT2D eigenvalue weighted by atomic mass is 9.51. The maximum absolute atomic E-state index is 13.2. The van der Waals surface area contributed by atoms with E-state index in [9.17, 15) is 14.7 Å². The minimum absolute atomic E-state index is 0.00378. The van der Waals surface area contributed by atoms with Crippen LogP contribution in [-0.2, 0) is 4.79 Å². The molecule has 4 rings (SSSR count). The van der Waals surface area contributed by atoms with Crippen molar-refractivity contribution in [2.75, 3.05) is 13.1 Å². The van der Waals surface area contributed by atoms with Crippen LogP contribution in [0.1, 0.15) is 76.2 Å². The summed E-state index contributed by atoms with van der Waals surface area (Å²) in [6.45, 7) is 8.17. The molecule has 2 N–H and O–H groups in total. The molecule has 6 nitrogen and oxygen atoms in total. The van der Waals surface area contributed by atoms with E-state index in [1.54, 1.807) is 18.3 Å². The van der Waals surface area contributed by atoms with Crippen LogP contribution < -0.4 is 5.32 Å². The number of likely N-dealkylation sites (tertiary alicyclic amines) is 1. The molecule has 1 unspecified atom stereocenters. The minimum atomic E-state index is -0.526. The highest BCUT2D eigenvalue weighted by Crippen LogP contribution is 2.55. The van der Waals surface area contributed by atoms with Gasteiger partial charge in [-0.05, 0) is 80.2 Å². The van der Waals surface area contributed by atoms with Crippen molar-refractivity contribution in [2.45, 2.75) is 77.9 Å². The first-order valence-corrected chi connectivity index (χ1v) is 12.5. The highest BCUT2D eigenvalue weighted by atomic mass is 16.3.